The van der Waals surface area contributed by atoms with E-state index in [9.17, 15) is 10.1 Å². The molecule has 7 nitrogen and oxygen atoms in total. The minimum absolute atomic E-state index is 0. The number of aromatic nitrogens is 2. The number of rotatable bonds is 7. The molecule has 1 amide bonds. The van der Waals surface area contributed by atoms with Gasteiger partial charge in [0.15, 0.2) is 18.1 Å². The Labute approximate surface area is 193 Å². The van der Waals surface area contributed by atoms with E-state index in [4.69, 9.17) is 9.47 Å². The molecule has 2 N–H and O–H groups in total. The molecule has 0 bridgehead atoms. The van der Waals surface area contributed by atoms with Crippen LogP contribution in [0.15, 0.2) is 42.5 Å². The van der Waals surface area contributed by atoms with Crippen LogP contribution in [0.1, 0.15) is 39.1 Å². The van der Waals surface area contributed by atoms with Gasteiger partial charge in [0.25, 0.3) is 5.91 Å². The van der Waals surface area contributed by atoms with Gasteiger partial charge in [-0.1, -0.05) is 18.2 Å². The molecule has 0 saturated carbocycles. The van der Waals surface area contributed by atoms with Crippen LogP contribution in [0.5, 0.6) is 11.5 Å². The first kappa shape index (κ1) is 24.8. The number of carbonyl (C=O) groups excluding carboxylic acids is 1. The van der Waals surface area contributed by atoms with E-state index < -0.39 is 0 Å². The Bertz CT molecular complexity index is 1120. The molecular weight excluding hydrogens is 428 g/mol. The smallest absolute Gasteiger partial charge is 0.258 e. The maximum absolute atomic E-state index is 12.1. The zero-order valence-electron chi connectivity index (χ0n) is 18.6. The van der Waals surface area contributed by atoms with E-state index in [1.54, 1.807) is 24.3 Å². The van der Waals surface area contributed by atoms with Crippen molar-refractivity contribution in [3.63, 3.8) is 0 Å². The third-order valence-electron chi connectivity index (χ3n) is 4.22. The zero-order valence-corrected chi connectivity index (χ0v) is 19.4. The normalized spacial score (nSPS) is 11.4. The van der Waals surface area contributed by atoms with Crippen LogP contribution in [0, 0.1) is 11.3 Å². The molecule has 0 saturated heterocycles. The topological polar surface area (TPSA) is 100 Å². The molecule has 0 radical (unpaired) electrons. The second-order valence-electron chi connectivity index (χ2n) is 8.00. The Morgan fingerprint density at radius 1 is 1.19 bits per heavy atom. The van der Waals surface area contributed by atoms with Crippen LogP contribution in [0.25, 0.3) is 22.7 Å². The Balaban J connectivity index is 0.00000363. The fourth-order valence-corrected chi connectivity index (χ4v) is 3.00. The van der Waals surface area contributed by atoms with E-state index in [2.05, 4.69) is 21.4 Å². The summed E-state index contributed by atoms with van der Waals surface area (Å²) in [6.07, 6.45) is 1.73. The predicted molar refractivity (Wildman–Crippen MR) is 128 cm³/mol. The lowest BCUT2D eigenvalue weighted by Gasteiger charge is -2.20. The molecular formula is C24H27ClN4O3. The minimum atomic E-state index is -0.331. The molecule has 0 spiro atoms. The average Bonchev–Trinajstić information content (AvgIpc) is 3.14. The molecule has 32 heavy (non-hydrogen) atoms. The summed E-state index contributed by atoms with van der Waals surface area (Å²) >= 11 is 0. The number of nitrogens with zero attached hydrogens (tertiary/aromatic N) is 2. The van der Waals surface area contributed by atoms with Crippen molar-refractivity contribution >= 4 is 41.0 Å². The van der Waals surface area contributed by atoms with Gasteiger partial charge in [0.2, 0.25) is 0 Å². The number of hydrogen-bond donors (Lipinski definition) is 2. The van der Waals surface area contributed by atoms with Gasteiger partial charge in [-0.3, -0.25) is 4.79 Å². The van der Waals surface area contributed by atoms with Crippen molar-refractivity contribution in [2.75, 3.05) is 13.2 Å². The molecule has 0 aliphatic rings. The number of aromatic amines is 1. The summed E-state index contributed by atoms with van der Waals surface area (Å²) in [5, 5.41) is 12.5. The van der Waals surface area contributed by atoms with Crippen molar-refractivity contribution in [3.05, 3.63) is 53.9 Å². The third-order valence-corrected chi connectivity index (χ3v) is 4.22. The number of fused-ring (bicyclic) bond motifs is 1. The number of nitriles is 1. The van der Waals surface area contributed by atoms with Gasteiger partial charge in [0.1, 0.15) is 11.9 Å². The van der Waals surface area contributed by atoms with Gasteiger partial charge < -0.3 is 19.8 Å². The van der Waals surface area contributed by atoms with Crippen LogP contribution in [0.4, 0.5) is 0 Å². The van der Waals surface area contributed by atoms with Crippen LogP contribution in [0.3, 0.4) is 0 Å². The summed E-state index contributed by atoms with van der Waals surface area (Å²) in [6, 6.07) is 15.1. The Hall–Kier alpha value is -3.50. The number of H-pyrrole nitrogens is 1. The first-order valence-corrected chi connectivity index (χ1v) is 10.1. The van der Waals surface area contributed by atoms with Crippen molar-refractivity contribution in [2.24, 2.45) is 0 Å². The van der Waals surface area contributed by atoms with Crippen LogP contribution >= 0.6 is 12.4 Å². The van der Waals surface area contributed by atoms with Crippen LogP contribution in [0.2, 0.25) is 0 Å². The molecule has 0 aliphatic carbocycles. The standard InChI is InChI=1S/C24H26N4O3.ClH/c1-5-30-21-13-16(10-11-20(21)31-15-22(29)28-24(2,3)4)12-17(14-25)23-26-18-8-6-7-9-19(18)27-23;/h6-13H,5,15H2,1-4H3,(H,26,27)(H,28,29);1H. The number of benzene rings is 2. The monoisotopic (exact) mass is 454 g/mol. The lowest BCUT2D eigenvalue weighted by Crippen LogP contribution is -2.43. The number of halogens is 1. The summed E-state index contributed by atoms with van der Waals surface area (Å²) < 4.78 is 11.4. The molecule has 0 unspecified atom stereocenters. The largest absolute Gasteiger partial charge is 0.490 e. The average molecular weight is 455 g/mol. The number of nitrogens with one attached hydrogen (secondary N) is 2. The number of ether oxygens (including phenoxy) is 2. The van der Waals surface area contributed by atoms with E-state index >= 15 is 0 Å². The zero-order chi connectivity index (χ0) is 22.4. The highest BCUT2D eigenvalue weighted by Gasteiger charge is 2.15. The summed E-state index contributed by atoms with van der Waals surface area (Å²) in [6.45, 7) is 7.92. The minimum Gasteiger partial charge on any atom is -0.490 e. The number of carbonyl (C=O) groups is 1. The Kier molecular flexibility index (Phi) is 8.27. The molecule has 1 aromatic heterocycles. The summed E-state index contributed by atoms with van der Waals surface area (Å²) in [7, 11) is 0. The van der Waals surface area contributed by atoms with Crippen molar-refractivity contribution in [2.45, 2.75) is 33.2 Å². The molecule has 2 aromatic carbocycles. The van der Waals surface area contributed by atoms with Gasteiger partial charge in [-0.2, -0.15) is 5.26 Å². The summed E-state index contributed by atoms with van der Waals surface area (Å²) in [4.78, 5) is 19.7. The summed E-state index contributed by atoms with van der Waals surface area (Å²) in [5.74, 6) is 1.25. The molecule has 0 aliphatic heterocycles. The molecule has 3 rings (SSSR count). The second kappa shape index (κ2) is 10.7. The van der Waals surface area contributed by atoms with Gasteiger partial charge in [-0.15, -0.1) is 12.4 Å². The molecule has 0 fully saturated rings. The van der Waals surface area contributed by atoms with Crippen molar-refractivity contribution in [3.8, 4) is 17.6 Å². The number of amides is 1. The van der Waals surface area contributed by atoms with E-state index in [0.29, 0.717) is 29.5 Å². The lowest BCUT2D eigenvalue weighted by molar-refractivity contribution is -0.124. The highest BCUT2D eigenvalue weighted by atomic mass is 35.5. The Morgan fingerprint density at radius 2 is 1.94 bits per heavy atom. The molecule has 8 heteroatoms. The van der Waals surface area contributed by atoms with E-state index in [1.165, 1.54) is 0 Å². The maximum atomic E-state index is 12.1. The SMILES string of the molecule is CCOc1cc(C=C(C#N)c2nc3ccccc3[nH]2)ccc1OCC(=O)NC(C)(C)C.Cl. The summed E-state index contributed by atoms with van der Waals surface area (Å²) in [5.41, 5.74) is 2.49. The van der Waals surface area contributed by atoms with E-state index in [0.717, 1.165) is 16.6 Å². The molecule has 168 valence electrons. The predicted octanol–water partition coefficient (Wildman–Crippen LogP) is 4.74. The first-order chi connectivity index (χ1) is 14.8. The van der Waals surface area contributed by atoms with Gasteiger partial charge in [0, 0.05) is 5.54 Å². The van der Waals surface area contributed by atoms with Gasteiger partial charge in [-0.05, 0) is 63.6 Å². The van der Waals surface area contributed by atoms with Crippen LogP contribution < -0.4 is 14.8 Å². The van der Waals surface area contributed by atoms with Gasteiger partial charge in [-0.25, -0.2) is 4.98 Å². The van der Waals surface area contributed by atoms with Crippen molar-refractivity contribution in [1.82, 2.24) is 15.3 Å². The van der Waals surface area contributed by atoms with Gasteiger partial charge in [0.05, 0.1) is 23.2 Å². The van der Waals surface area contributed by atoms with Gasteiger partial charge >= 0.3 is 0 Å². The Morgan fingerprint density at radius 3 is 2.59 bits per heavy atom. The lowest BCUT2D eigenvalue weighted by atomic mass is 10.1. The molecule has 3 aromatic rings. The molecule has 0 atom stereocenters. The third kappa shape index (κ3) is 6.50. The molecule has 1 heterocycles. The fraction of sp³-hybridized carbons (Fsp3) is 0.292. The number of allylic oxidation sites excluding steroid dienone is 1. The fourth-order valence-electron chi connectivity index (χ4n) is 3.00. The van der Waals surface area contributed by atoms with Crippen molar-refractivity contribution in [1.29, 1.82) is 5.26 Å². The number of para-hydroxylation sites is 2. The van der Waals surface area contributed by atoms with E-state index in [1.807, 2.05) is 52.0 Å². The van der Waals surface area contributed by atoms with Crippen molar-refractivity contribution < 1.29 is 14.3 Å². The number of imidazole rings is 1. The second-order valence-corrected chi connectivity index (χ2v) is 8.00. The highest BCUT2D eigenvalue weighted by molar-refractivity contribution is 5.90. The number of hydrogen-bond acceptors (Lipinski definition) is 5. The van der Waals surface area contributed by atoms with Crippen LogP contribution in [-0.2, 0) is 4.79 Å². The van der Waals surface area contributed by atoms with Crippen LogP contribution in [-0.4, -0.2) is 34.6 Å². The highest BCUT2D eigenvalue weighted by Crippen LogP contribution is 2.30. The maximum Gasteiger partial charge on any atom is 0.258 e. The quantitative estimate of drug-likeness (QED) is 0.502. The first-order valence-electron chi connectivity index (χ1n) is 10.1. The van der Waals surface area contributed by atoms with E-state index in [-0.39, 0.29) is 30.5 Å².